The number of fused-ring (bicyclic) bond motifs is 1. The van der Waals surface area contributed by atoms with Crippen molar-refractivity contribution >= 4 is 17.1 Å². The van der Waals surface area contributed by atoms with Gasteiger partial charge in [0.1, 0.15) is 0 Å². The summed E-state index contributed by atoms with van der Waals surface area (Å²) in [6, 6.07) is 9.29. The predicted octanol–water partition coefficient (Wildman–Crippen LogP) is 0.821. The zero-order chi connectivity index (χ0) is 9.97. The molecule has 0 unspecified atom stereocenters. The molecule has 0 atom stereocenters. The van der Waals surface area contributed by atoms with Gasteiger partial charge in [0, 0.05) is 5.52 Å². The van der Waals surface area contributed by atoms with Gasteiger partial charge in [0.15, 0.2) is 0 Å². The summed E-state index contributed by atoms with van der Waals surface area (Å²) in [6.07, 6.45) is 1.34. The normalized spacial score (nSPS) is 11.1. The lowest BCUT2D eigenvalue weighted by Gasteiger charge is -1.97. The summed E-state index contributed by atoms with van der Waals surface area (Å²) in [4.78, 5) is 14.2. The van der Waals surface area contributed by atoms with Gasteiger partial charge in [0.05, 0.1) is 11.8 Å². The molecule has 3 N–H and O–H groups in total. The van der Waals surface area contributed by atoms with Gasteiger partial charge in [0.2, 0.25) is 0 Å². The van der Waals surface area contributed by atoms with Crippen LogP contribution in [0.15, 0.2) is 40.2 Å². The highest BCUT2D eigenvalue weighted by Gasteiger charge is 1.98. The van der Waals surface area contributed by atoms with Crippen molar-refractivity contribution in [3.8, 4) is 0 Å². The molecular formula is C10H9N3O. The number of nitrogens with one attached hydrogen (secondary N) is 1. The van der Waals surface area contributed by atoms with Crippen molar-refractivity contribution in [1.82, 2.24) is 4.98 Å². The zero-order valence-corrected chi connectivity index (χ0v) is 7.40. The molecule has 0 aliphatic rings. The minimum absolute atomic E-state index is 0.182. The molecule has 0 saturated carbocycles. The standard InChI is InChI=1S/C10H9N3O/c11-12-6-8-5-7-3-1-2-4-9(7)13-10(8)14/h1-6H,11H2,(H,13,14). The number of rotatable bonds is 1. The fourth-order valence-corrected chi connectivity index (χ4v) is 1.34. The predicted molar refractivity (Wildman–Crippen MR) is 56.4 cm³/mol. The lowest BCUT2D eigenvalue weighted by Crippen LogP contribution is -2.12. The number of hydrogen-bond acceptors (Lipinski definition) is 3. The molecule has 70 valence electrons. The molecule has 0 spiro atoms. The molecule has 2 aromatic rings. The Labute approximate surface area is 80.1 Å². The quantitative estimate of drug-likeness (QED) is 0.394. The van der Waals surface area contributed by atoms with Crippen LogP contribution in [0.2, 0.25) is 0 Å². The van der Waals surface area contributed by atoms with E-state index in [1.54, 1.807) is 6.07 Å². The summed E-state index contributed by atoms with van der Waals surface area (Å²) in [5.74, 6) is 4.99. The summed E-state index contributed by atoms with van der Waals surface area (Å²) < 4.78 is 0. The number of aromatic amines is 1. The van der Waals surface area contributed by atoms with E-state index < -0.39 is 0 Å². The van der Waals surface area contributed by atoms with Crippen molar-refractivity contribution in [1.29, 1.82) is 0 Å². The van der Waals surface area contributed by atoms with Crippen LogP contribution in [0, 0.1) is 0 Å². The van der Waals surface area contributed by atoms with E-state index in [-0.39, 0.29) is 5.56 Å². The monoisotopic (exact) mass is 187 g/mol. The van der Waals surface area contributed by atoms with E-state index in [2.05, 4.69) is 10.1 Å². The highest BCUT2D eigenvalue weighted by atomic mass is 16.1. The zero-order valence-electron chi connectivity index (χ0n) is 7.40. The van der Waals surface area contributed by atoms with E-state index in [1.165, 1.54) is 6.21 Å². The molecule has 0 fully saturated rings. The maximum absolute atomic E-state index is 11.4. The summed E-state index contributed by atoms with van der Waals surface area (Å²) in [5.41, 5.74) is 1.09. The van der Waals surface area contributed by atoms with Gasteiger partial charge < -0.3 is 10.8 Å². The molecule has 0 aliphatic carbocycles. The van der Waals surface area contributed by atoms with Gasteiger partial charge in [-0.25, -0.2) is 0 Å². The minimum atomic E-state index is -0.182. The minimum Gasteiger partial charge on any atom is -0.323 e. The van der Waals surface area contributed by atoms with Crippen molar-refractivity contribution in [3.05, 3.63) is 46.2 Å². The number of nitrogens with two attached hydrogens (primary N) is 1. The highest BCUT2D eigenvalue weighted by molar-refractivity contribution is 5.87. The molecular weight excluding hydrogens is 178 g/mol. The summed E-state index contributed by atoms with van der Waals surface area (Å²) >= 11 is 0. The molecule has 0 bridgehead atoms. The SMILES string of the molecule is NN=Cc1cc2ccccc2[nH]c1=O. The molecule has 4 heteroatoms. The lowest BCUT2D eigenvalue weighted by molar-refractivity contribution is 1.24. The van der Waals surface area contributed by atoms with Gasteiger partial charge >= 0.3 is 0 Å². The first-order valence-electron chi connectivity index (χ1n) is 4.16. The van der Waals surface area contributed by atoms with Crippen molar-refractivity contribution in [3.63, 3.8) is 0 Å². The Hall–Kier alpha value is -2.10. The molecule has 0 aliphatic heterocycles. The van der Waals surface area contributed by atoms with Gasteiger partial charge in [-0.2, -0.15) is 5.10 Å². The number of nitrogens with zero attached hydrogens (tertiary/aromatic N) is 1. The smallest absolute Gasteiger partial charge is 0.257 e. The number of hydrazone groups is 1. The largest absolute Gasteiger partial charge is 0.323 e. The van der Waals surface area contributed by atoms with Gasteiger partial charge in [-0.3, -0.25) is 4.79 Å². The Morgan fingerprint density at radius 1 is 1.36 bits per heavy atom. The van der Waals surface area contributed by atoms with Crippen molar-refractivity contribution in [2.45, 2.75) is 0 Å². The van der Waals surface area contributed by atoms with Crippen LogP contribution in [-0.4, -0.2) is 11.2 Å². The number of para-hydroxylation sites is 1. The molecule has 0 radical (unpaired) electrons. The van der Waals surface area contributed by atoms with Gasteiger partial charge in [-0.15, -0.1) is 0 Å². The van der Waals surface area contributed by atoms with E-state index in [4.69, 9.17) is 5.84 Å². The fraction of sp³-hybridized carbons (Fsp3) is 0. The molecule has 1 heterocycles. The molecule has 0 saturated heterocycles. The van der Waals surface area contributed by atoms with Crippen LogP contribution in [0.1, 0.15) is 5.56 Å². The van der Waals surface area contributed by atoms with Crippen LogP contribution >= 0.6 is 0 Å². The first-order valence-corrected chi connectivity index (χ1v) is 4.16. The number of hydrogen-bond donors (Lipinski definition) is 2. The Morgan fingerprint density at radius 2 is 2.14 bits per heavy atom. The summed E-state index contributed by atoms with van der Waals surface area (Å²) in [6.45, 7) is 0. The highest BCUT2D eigenvalue weighted by Crippen LogP contribution is 2.08. The molecule has 0 amide bonds. The van der Waals surface area contributed by atoms with Gasteiger partial charge in [-0.05, 0) is 17.5 Å². The molecule has 4 nitrogen and oxygen atoms in total. The lowest BCUT2D eigenvalue weighted by atomic mass is 10.2. The summed E-state index contributed by atoms with van der Waals surface area (Å²) in [5, 5.41) is 4.29. The van der Waals surface area contributed by atoms with E-state index in [9.17, 15) is 4.79 Å². The number of aromatic nitrogens is 1. The van der Waals surface area contributed by atoms with Gasteiger partial charge in [0.25, 0.3) is 5.56 Å². The van der Waals surface area contributed by atoms with E-state index in [1.807, 2.05) is 24.3 Å². The first kappa shape index (κ1) is 8.50. The average Bonchev–Trinajstić information content (AvgIpc) is 2.19. The number of pyridine rings is 1. The Balaban J connectivity index is 2.77. The maximum atomic E-state index is 11.4. The average molecular weight is 187 g/mol. The van der Waals surface area contributed by atoms with E-state index in [0.29, 0.717) is 5.56 Å². The van der Waals surface area contributed by atoms with Crippen LogP contribution in [0.3, 0.4) is 0 Å². The fourth-order valence-electron chi connectivity index (χ4n) is 1.34. The third-order valence-electron chi connectivity index (χ3n) is 2.00. The van der Waals surface area contributed by atoms with Crippen molar-refractivity contribution in [2.24, 2.45) is 10.9 Å². The van der Waals surface area contributed by atoms with Crippen LogP contribution in [0.25, 0.3) is 10.9 Å². The Morgan fingerprint density at radius 3 is 2.93 bits per heavy atom. The molecule has 1 aromatic heterocycles. The van der Waals surface area contributed by atoms with E-state index >= 15 is 0 Å². The maximum Gasteiger partial charge on any atom is 0.257 e. The second-order valence-electron chi connectivity index (χ2n) is 2.92. The Bertz CT molecular complexity index is 542. The molecule has 14 heavy (non-hydrogen) atoms. The Kier molecular flexibility index (Phi) is 2.02. The van der Waals surface area contributed by atoms with Crippen LogP contribution in [0.4, 0.5) is 0 Å². The molecule has 1 aromatic carbocycles. The third kappa shape index (κ3) is 1.37. The van der Waals surface area contributed by atoms with Gasteiger partial charge in [-0.1, -0.05) is 18.2 Å². The third-order valence-corrected chi connectivity index (χ3v) is 2.00. The van der Waals surface area contributed by atoms with E-state index in [0.717, 1.165) is 10.9 Å². The van der Waals surface area contributed by atoms with Crippen LogP contribution in [0.5, 0.6) is 0 Å². The first-order chi connectivity index (χ1) is 6.81. The van der Waals surface area contributed by atoms with Crippen LogP contribution < -0.4 is 11.4 Å². The number of benzene rings is 1. The van der Waals surface area contributed by atoms with Crippen molar-refractivity contribution in [2.75, 3.05) is 0 Å². The van der Waals surface area contributed by atoms with Crippen LogP contribution in [-0.2, 0) is 0 Å². The molecule has 2 rings (SSSR count). The second kappa shape index (κ2) is 3.33. The number of H-pyrrole nitrogens is 1. The summed E-state index contributed by atoms with van der Waals surface area (Å²) in [7, 11) is 0. The second-order valence-corrected chi connectivity index (χ2v) is 2.92. The topological polar surface area (TPSA) is 71.2 Å². The van der Waals surface area contributed by atoms with Crippen molar-refractivity contribution < 1.29 is 0 Å².